The fraction of sp³-hybridized carbons (Fsp3) is 0.333. The summed E-state index contributed by atoms with van der Waals surface area (Å²) in [4.78, 5) is 43.7. The Bertz CT molecular complexity index is 988. The number of carbonyl (C=O) groups is 3. The van der Waals surface area contributed by atoms with E-state index in [9.17, 15) is 27.6 Å². The largest absolute Gasteiger partial charge is 0.417 e. The predicted molar refractivity (Wildman–Crippen MR) is 104 cm³/mol. The van der Waals surface area contributed by atoms with Gasteiger partial charge in [0, 0.05) is 38.3 Å². The molecular formula is C21H19F3N4O3. The van der Waals surface area contributed by atoms with E-state index in [-0.39, 0.29) is 24.9 Å². The third-order valence-corrected chi connectivity index (χ3v) is 5.39. The molecule has 0 aliphatic carbocycles. The summed E-state index contributed by atoms with van der Waals surface area (Å²) in [5.74, 6) is -0.706. The highest BCUT2D eigenvalue weighted by Gasteiger charge is 2.35. The number of alkyl halides is 3. The molecule has 0 bridgehead atoms. The number of carbonyl (C=O) groups excluding carboxylic acids is 3. The van der Waals surface area contributed by atoms with E-state index < -0.39 is 23.6 Å². The molecule has 3 amide bonds. The minimum absolute atomic E-state index is 0.0188. The molecule has 7 nitrogen and oxygen atoms in total. The van der Waals surface area contributed by atoms with E-state index in [4.69, 9.17) is 0 Å². The molecule has 162 valence electrons. The van der Waals surface area contributed by atoms with Crippen LogP contribution in [0.4, 0.5) is 19.0 Å². The van der Waals surface area contributed by atoms with Crippen LogP contribution >= 0.6 is 0 Å². The first-order valence-electron chi connectivity index (χ1n) is 9.77. The summed E-state index contributed by atoms with van der Waals surface area (Å²) < 4.78 is 38.0. The van der Waals surface area contributed by atoms with Gasteiger partial charge in [0.15, 0.2) is 0 Å². The summed E-state index contributed by atoms with van der Waals surface area (Å²) in [6.07, 6.45) is -3.06. The zero-order valence-electron chi connectivity index (χ0n) is 16.4. The lowest BCUT2D eigenvalue weighted by Gasteiger charge is -2.19. The van der Waals surface area contributed by atoms with Gasteiger partial charge in [0.05, 0.1) is 16.7 Å². The Kier molecular flexibility index (Phi) is 5.38. The highest BCUT2D eigenvalue weighted by atomic mass is 19.4. The Balaban J connectivity index is 1.28. The second-order valence-corrected chi connectivity index (χ2v) is 7.46. The highest BCUT2D eigenvalue weighted by molar-refractivity contribution is 6.21. The van der Waals surface area contributed by atoms with Crippen LogP contribution in [0.15, 0.2) is 42.6 Å². The first kappa shape index (κ1) is 20.8. The molecule has 2 aliphatic heterocycles. The van der Waals surface area contributed by atoms with E-state index in [1.807, 2.05) is 0 Å². The maximum absolute atomic E-state index is 12.7. The van der Waals surface area contributed by atoms with Crippen LogP contribution in [0.3, 0.4) is 0 Å². The number of hydrogen-bond acceptors (Lipinski definition) is 5. The zero-order chi connectivity index (χ0) is 22.2. The average Bonchev–Trinajstić information content (AvgIpc) is 3.30. The molecular weight excluding hydrogens is 413 g/mol. The number of fused-ring (bicyclic) bond motifs is 1. The van der Waals surface area contributed by atoms with Gasteiger partial charge < -0.3 is 10.2 Å². The molecule has 10 heteroatoms. The Morgan fingerprint density at radius 2 is 1.77 bits per heavy atom. The van der Waals surface area contributed by atoms with E-state index in [1.165, 1.54) is 6.07 Å². The molecule has 1 unspecified atom stereocenters. The van der Waals surface area contributed by atoms with Crippen molar-refractivity contribution in [3.05, 3.63) is 59.3 Å². The van der Waals surface area contributed by atoms with Gasteiger partial charge in [0.1, 0.15) is 5.82 Å². The minimum atomic E-state index is -4.44. The molecule has 1 saturated heterocycles. The molecule has 0 saturated carbocycles. The van der Waals surface area contributed by atoms with Crippen LogP contribution in [-0.4, -0.2) is 53.3 Å². The molecule has 1 aromatic carbocycles. The molecule has 31 heavy (non-hydrogen) atoms. The van der Waals surface area contributed by atoms with Crippen LogP contribution in [-0.2, 0) is 11.0 Å². The summed E-state index contributed by atoms with van der Waals surface area (Å²) >= 11 is 0. The van der Waals surface area contributed by atoms with Crippen LogP contribution in [0.2, 0.25) is 0 Å². The van der Waals surface area contributed by atoms with Crippen molar-refractivity contribution in [1.82, 2.24) is 15.2 Å². The van der Waals surface area contributed by atoms with E-state index in [0.29, 0.717) is 36.5 Å². The van der Waals surface area contributed by atoms with Crippen molar-refractivity contribution in [2.45, 2.75) is 25.1 Å². The van der Waals surface area contributed by atoms with Gasteiger partial charge in [0.25, 0.3) is 11.8 Å². The smallest absolute Gasteiger partial charge is 0.354 e. The van der Waals surface area contributed by atoms with Crippen molar-refractivity contribution in [2.75, 3.05) is 24.5 Å². The number of amides is 3. The molecule has 3 heterocycles. The lowest BCUT2D eigenvalue weighted by Crippen LogP contribution is -2.40. The number of nitrogens with one attached hydrogen (secondary N) is 1. The van der Waals surface area contributed by atoms with Crippen LogP contribution in [0, 0.1) is 0 Å². The number of aromatic nitrogens is 1. The Morgan fingerprint density at radius 1 is 1.10 bits per heavy atom. The van der Waals surface area contributed by atoms with Gasteiger partial charge in [0.2, 0.25) is 5.91 Å². The van der Waals surface area contributed by atoms with Gasteiger partial charge in [-0.05, 0) is 30.7 Å². The molecule has 1 aromatic heterocycles. The fourth-order valence-corrected chi connectivity index (χ4v) is 3.78. The summed E-state index contributed by atoms with van der Waals surface area (Å²) in [6.45, 7) is 0.938. The summed E-state index contributed by atoms with van der Waals surface area (Å²) in [6, 6.07) is 8.62. The van der Waals surface area contributed by atoms with Gasteiger partial charge in [-0.1, -0.05) is 12.1 Å². The third-order valence-electron chi connectivity index (χ3n) is 5.39. The number of anilines is 1. The summed E-state index contributed by atoms with van der Waals surface area (Å²) in [5.41, 5.74) is -0.139. The van der Waals surface area contributed by atoms with Gasteiger partial charge in [-0.25, -0.2) is 4.98 Å². The predicted octanol–water partition coefficient (Wildman–Crippen LogP) is 2.48. The monoisotopic (exact) mass is 432 g/mol. The zero-order valence-corrected chi connectivity index (χ0v) is 16.4. The Hall–Kier alpha value is -3.43. The van der Waals surface area contributed by atoms with E-state index in [2.05, 4.69) is 10.3 Å². The number of nitrogens with zero attached hydrogens (tertiary/aromatic N) is 3. The number of halogens is 3. The second-order valence-electron chi connectivity index (χ2n) is 7.46. The second kappa shape index (κ2) is 8.01. The normalized spacial score (nSPS) is 18.5. The molecule has 1 fully saturated rings. The Labute approximate surface area is 175 Å². The van der Waals surface area contributed by atoms with Gasteiger partial charge >= 0.3 is 6.18 Å². The van der Waals surface area contributed by atoms with Crippen molar-refractivity contribution in [2.24, 2.45) is 0 Å². The van der Waals surface area contributed by atoms with Crippen LogP contribution in [0.1, 0.15) is 39.1 Å². The molecule has 1 atom stereocenters. The maximum atomic E-state index is 12.7. The molecule has 2 aromatic rings. The maximum Gasteiger partial charge on any atom is 0.417 e. The standard InChI is InChI=1S/C21H19F3N4O3/c22-21(23,24)13-5-6-17(25-11-13)27-9-7-14(12-27)26-18(29)8-10-28-19(30)15-3-1-2-4-16(15)20(28)31/h1-6,11,14H,7-10,12H2,(H,26,29). The molecule has 4 rings (SSSR count). The van der Waals surface area contributed by atoms with Crippen LogP contribution in [0.5, 0.6) is 0 Å². The molecule has 1 N–H and O–H groups in total. The van der Waals surface area contributed by atoms with Crippen molar-refractivity contribution in [1.29, 1.82) is 0 Å². The number of imide groups is 1. The average molecular weight is 432 g/mol. The summed E-state index contributed by atoms with van der Waals surface area (Å²) in [7, 11) is 0. The third kappa shape index (κ3) is 4.23. The lowest BCUT2D eigenvalue weighted by molar-refractivity contribution is -0.137. The number of hydrogen-bond donors (Lipinski definition) is 1. The number of pyridine rings is 1. The molecule has 0 spiro atoms. The van der Waals surface area contributed by atoms with Crippen molar-refractivity contribution < 1.29 is 27.6 Å². The topological polar surface area (TPSA) is 82.6 Å². The first-order valence-corrected chi connectivity index (χ1v) is 9.77. The number of benzene rings is 1. The van der Waals surface area contributed by atoms with Crippen LogP contribution in [0.25, 0.3) is 0 Å². The first-order chi connectivity index (χ1) is 14.7. The quantitative estimate of drug-likeness (QED) is 0.735. The fourth-order valence-electron chi connectivity index (χ4n) is 3.78. The molecule has 2 aliphatic rings. The van der Waals surface area contributed by atoms with Crippen molar-refractivity contribution >= 4 is 23.5 Å². The van der Waals surface area contributed by atoms with Gasteiger partial charge in [-0.15, -0.1) is 0 Å². The van der Waals surface area contributed by atoms with E-state index >= 15 is 0 Å². The Morgan fingerprint density at radius 3 is 2.35 bits per heavy atom. The molecule has 0 radical (unpaired) electrons. The van der Waals surface area contributed by atoms with E-state index in [0.717, 1.165) is 17.2 Å². The van der Waals surface area contributed by atoms with Crippen molar-refractivity contribution in [3.8, 4) is 0 Å². The van der Waals surface area contributed by atoms with Crippen LogP contribution < -0.4 is 10.2 Å². The highest BCUT2D eigenvalue weighted by Crippen LogP contribution is 2.30. The van der Waals surface area contributed by atoms with E-state index in [1.54, 1.807) is 29.2 Å². The SMILES string of the molecule is O=C(CCN1C(=O)c2ccccc2C1=O)NC1CCN(c2ccc(C(F)(F)F)cn2)C1. The van der Waals surface area contributed by atoms with Gasteiger partial charge in [-0.2, -0.15) is 13.2 Å². The lowest BCUT2D eigenvalue weighted by atomic mass is 10.1. The minimum Gasteiger partial charge on any atom is -0.354 e. The van der Waals surface area contributed by atoms with Crippen molar-refractivity contribution in [3.63, 3.8) is 0 Å². The summed E-state index contributed by atoms with van der Waals surface area (Å²) in [5, 5.41) is 2.85. The van der Waals surface area contributed by atoms with Gasteiger partial charge in [-0.3, -0.25) is 19.3 Å². The number of rotatable bonds is 5.